The quantitative estimate of drug-likeness (QED) is 0.575. The SMILES string of the molecule is Cc1ccccc1N/N=c1/sc2nnc(-c3ccncc3)n2nc1C. The first-order valence-corrected chi connectivity index (χ1v) is 8.53. The number of nitrogens with zero attached hydrogens (tertiary/aromatic N) is 6. The molecule has 0 atom stereocenters. The van der Waals surface area contributed by atoms with Crippen molar-refractivity contribution in [3.8, 4) is 11.4 Å². The van der Waals surface area contributed by atoms with Crippen LogP contribution in [0.3, 0.4) is 0 Å². The maximum absolute atomic E-state index is 4.59. The summed E-state index contributed by atoms with van der Waals surface area (Å²) in [7, 11) is 0. The van der Waals surface area contributed by atoms with Gasteiger partial charge < -0.3 is 0 Å². The summed E-state index contributed by atoms with van der Waals surface area (Å²) in [5, 5.41) is 17.6. The van der Waals surface area contributed by atoms with E-state index in [1.54, 1.807) is 16.9 Å². The molecule has 0 fully saturated rings. The van der Waals surface area contributed by atoms with Crippen LogP contribution in [0.1, 0.15) is 11.3 Å². The van der Waals surface area contributed by atoms with Gasteiger partial charge in [-0.05, 0) is 37.6 Å². The van der Waals surface area contributed by atoms with Crippen LogP contribution in [0.4, 0.5) is 5.69 Å². The lowest BCUT2D eigenvalue weighted by Gasteiger charge is -2.04. The molecule has 25 heavy (non-hydrogen) atoms. The van der Waals surface area contributed by atoms with Crippen LogP contribution in [0.5, 0.6) is 0 Å². The molecule has 0 unspecified atom stereocenters. The number of para-hydroxylation sites is 1. The van der Waals surface area contributed by atoms with Gasteiger partial charge in [0.2, 0.25) is 4.96 Å². The second kappa shape index (κ2) is 6.40. The zero-order chi connectivity index (χ0) is 17.2. The number of rotatable bonds is 3. The summed E-state index contributed by atoms with van der Waals surface area (Å²) < 4.78 is 2.51. The first-order valence-electron chi connectivity index (χ1n) is 7.71. The van der Waals surface area contributed by atoms with Gasteiger partial charge in [0.15, 0.2) is 10.5 Å². The molecular weight excluding hydrogens is 334 g/mol. The van der Waals surface area contributed by atoms with Gasteiger partial charge in [-0.2, -0.15) is 14.7 Å². The minimum absolute atomic E-state index is 0.683. The van der Waals surface area contributed by atoms with Gasteiger partial charge in [-0.1, -0.05) is 29.5 Å². The molecule has 124 valence electrons. The Balaban J connectivity index is 1.76. The normalized spacial score (nSPS) is 11.8. The van der Waals surface area contributed by atoms with Crippen LogP contribution >= 0.6 is 11.3 Å². The summed E-state index contributed by atoms with van der Waals surface area (Å²) in [5.41, 5.74) is 6.92. The number of benzene rings is 1. The monoisotopic (exact) mass is 349 g/mol. The van der Waals surface area contributed by atoms with Crippen LogP contribution < -0.4 is 10.1 Å². The molecule has 0 spiro atoms. The molecule has 7 nitrogen and oxygen atoms in total. The third kappa shape index (κ3) is 2.99. The average molecular weight is 349 g/mol. The zero-order valence-electron chi connectivity index (χ0n) is 13.7. The van der Waals surface area contributed by atoms with E-state index in [1.165, 1.54) is 11.3 Å². The van der Waals surface area contributed by atoms with E-state index in [0.717, 1.165) is 27.2 Å². The van der Waals surface area contributed by atoms with E-state index in [1.807, 2.05) is 50.2 Å². The number of aromatic nitrogens is 5. The minimum Gasteiger partial charge on any atom is -0.277 e. The Kier molecular flexibility index (Phi) is 3.95. The van der Waals surface area contributed by atoms with Gasteiger partial charge >= 0.3 is 0 Å². The first kappa shape index (κ1) is 15.4. The van der Waals surface area contributed by atoms with Crippen LogP contribution in [0, 0.1) is 13.8 Å². The Morgan fingerprint density at radius 1 is 1.04 bits per heavy atom. The van der Waals surface area contributed by atoms with Gasteiger partial charge in [-0.3, -0.25) is 10.4 Å². The molecule has 0 aliphatic carbocycles. The molecule has 0 radical (unpaired) electrons. The predicted octanol–water partition coefficient (Wildman–Crippen LogP) is 2.79. The van der Waals surface area contributed by atoms with Crippen LogP contribution in [-0.4, -0.2) is 24.8 Å². The van der Waals surface area contributed by atoms with Crippen molar-refractivity contribution in [2.75, 3.05) is 5.43 Å². The van der Waals surface area contributed by atoms with Crippen molar-refractivity contribution >= 4 is 22.0 Å². The molecule has 4 aromatic rings. The summed E-state index contributed by atoms with van der Waals surface area (Å²) in [5.74, 6) is 0.690. The lowest BCUT2D eigenvalue weighted by Crippen LogP contribution is -2.12. The molecule has 0 bridgehead atoms. The summed E-state index contributed by atoms with van der Waals surface area (Å²) in [6, 6.07) is 11.8. The van der Waals surface area contributed by atoms with Crippen molar-refractivity contribution in [3.63, 3.8) is 0 Å². The van der Waals surface area contributed by atoms with Crippen LogP contribution in [-0.2, 0) is 0 Å². The second-order valence-electron chi connectivity index (χ2n) is 5.49. The number of aryl methyl sites for hydroxylation is 2. The van der Waals surface area contributed by atoms with Crippen molar-refractivity contribution in [1.82, 2.24) is 24.8 Å². The summed E-state index contributed by atoms with van der Waals surface area (Å²) in [4.78, 5) is 4.71. The standard InChI is InChI=1S/C17H15N7S/c1-11-5-3-4-6-14(11)19-21-16-12(2)23-24-15(20-22-17(24)25-16)13-7-9-18-10-8-13/h3-10,19H,1-2H3/b21-16+. The highest BCUT2D eigenvalue weighted by Crippen LogP contribution is 2.17. The Labute approximate surface area is 147 Å². The van der Waals surface area contributed by atoms with Gasteiger partial charge in [0, 0.05) is 18.0 Å². The highest BCUT2D eigenvalue weighted by molar-refractivity contribution is 7.14. The van der Waals surface area contributed by atoms with E-state index < -0.39 is 0 Å². The first-order chi connectivity index (χ1) is 12.2. The van der Waals surface area contributed by atoms with Crippen LogP contribution in [0.15, 0.2) is 53.9 Å². The van der Waals surface area contributed by atoms with E-state index in [2.05, 4.69) is 30.8 Å². The fraction of sp³-hybridized carbons (Fsp3) is 0.118. The van der Waals surface area contributed by atoms with Crippen molar-refractivity contribution < 1.29 is 0 Å². The minimum atomic E-state index is 0.683. The predicted molar refractivity (Wildman–Crippen MR) is 97.0 cm³/mol. The van der Waals surface area contributed by atoms with E-state index in [0.29, 0.717) is 10.8 Å². The van der Waals surface area contributed by atoms with Gasteiger partial charge in [0.1, 0.15) is 0 Å². The summed E-state index contributed by atoms with van der Waals surface area (Å²) in [6.45, 7) is 3.96. The van der Waals surface area contributed by atoms with Gasteiger partial charge in [-0.15, -0.1) is 10.2 Å². The van der Waals surface area contributed by atoms with Gasteiger partial charge in [-0.25, -0.2) is 0 Å². The molecule has 0 saturated heterocycles. The second-order valence-corrected chi connectivity index (χ2v) is 6.44. The Morgan fingerprint density at radius 3 is 2.64 bits per heavy atom. The fourth-order valence-corrected chi connectivity index (χ4v) is 3.11. The van der Waals surface area contributed by atoms with Gasteiger partial charge in [0.05, 0.1) is 11.4 Å². The number of nitrogens with one attached hydrogen (secondary N) is 1. The molecule has 3 heterocycles. The van der Waals surface area contributed by atoms with Crippen LogP contribution in [0.25, 0.3) is 16.3 Å². The molecule has 1 N–H and O–H groups in total. The van der Waals surface area contributed by atoms with Gasteiger partial charge in [0.25, 0.3) is 0 Å². The molecule has 3 aromatic heterocycles. The molecule has 0 saturated carbocycles. The number of pyridine rings is 1. The maximum Gasteiger partial charge on any atom is 0.235 e. The molecule has 0 aliphatic heterocycles. The van der Waals surface area contributed by atoms with E-state index in [4.69, 9.17) is 0 Å². The Morgan fingerprint density at radius 2 is 1.84 bits per heavy atom. The lowest BCUT2D eigenvalue weighted by atomic mass is 10.2. The largest absolute Gasteiger partial charge is 0.277 e. The third-order valence-electron chi connectivity index (χ3n) is 3.72. The van der Waals surface area contributed by atoms with Crippen molar-refractivity contribution in [1.29, 1.82) is 0 Å². The number of hydrogen-bond acceptors (Lipinski definition) is 7. The number of anilines is 1. The van der Waals surface area contributed by atoms with Crippen molar-refractivity contribution in [3.05, 3.63) is 64.7 Å². The number of hydrogen-bond donors (Lipinski definition) is 1. The third-order valence-corrected chi connectivity index (χ3v) is 4.74. The Hall–Kier alpha value is -3.13. The molecule has 0 aliphatic rings. The molecular formula is C17H15N7S. The highest BCUT2D eigenvalue weighted by atomic mass is 32.1. The van der Waals surface area contributed by atoms with E-state index in [-0.39, 0.29) is 0 Å². The summed E-state index contributed by atoms with van der Waals surface area (Å²) >= 11 is 1.44. The topological polar surface area (TPSA) is 80.4 Å². The fourth-order valence-electron chi connectivity index (χ4n) is 2.37. The molecule has 1 aromatic carbocycles. The average Bonchev–Trinajstić information content (AvgIpc) is 3.04. The summed E-state index contributed by atoms with van der Waals surface area (Å²) in [6.07, 6.45) is 3.45. The van der Waals surface area contributed by atoms with Crippen LogP contribution in [0.2, 0.25) is 0 Å². The highest BCUT2D eigenvalue weighted by Gasteiger charge is 2.11. The number of fused-ring (bicyclic) bond motifs is 1. The zero-order valence-corrected chi connectivity index (χ0v) is 14.5. The lowest BCUT2D eigenvalue weighted by molar-refractivity contribution is 0.900. The van der Waals surface area contributed by atoms with Crippen molar-refractivity contribution in [2.24, 2.45) is 5.10 Å². The van der Waals surface area contributed by atoms with E-state index in [9.17, 15) is 0 Å². The smallest absolute Gasteiger partial charge is 0.235 e. The molecule has 0 amide bonds. The van der Waals surface area contributed by atoms with E-state index >= 15 is 0 Å². The molecule has 8 heteroatoms. The van der Waals surface area contributed by atoms with Crippen molar-refractivity contribution in [2.45, 2.75) is 13.8 Å². The Bertz CT molecular complexity index is 1100. The molecule has 4 rings (SSSR count). The maximum atomic E-state index is 4.59.